The first-order chi connectivity index (χ1) is 7.83. The highest BCUT2D eigenvalue weighted by Crippen LogP contribution is 2.29. The second kappa shape index (κ2) is 5.03. The van der Waals surface area contributed by atoms with Crippen LogP contribution in [0.25, 0.3) is 5.57 Å². The minimum Gasteiger partial charge on any atom is -0.497 e. The Balaban J connectivity index is 2.35. The third kappa shape index (κ3) is 2.36. The lowest BCUT2D eigenvalue weighted by molar-refractivity contribution is 0.394. The van der Waals surface area contributed by atoms with E-state index in [4.69, 9.17) is 9.47 Å². The summed E-state index contributed by atoms with van der Waals surface area (Å²) < 4.78 is 10.5. The number of rotatable bonds is 3. The molecule has 0 aliphatic carbocycles. The molecular formula is C13H16NO2. The molecule has 1 heterocycles. The van der Waals surface area contributed by atoms with Gasteiger partial charge in [0, 0.05) is 19.2 Å². The number of benzene rings is 1. The molecule has 16 heavy (non-hydrogen) atoms. The van der Waals surface area contributed by atoms with Crippen LogP contribution >= 0.6 is 0 Å². The molecule has 3 heteroatoms. The van der Waals surface area contributed by atoms with Gasteiger partial charge >= 0.3 is 0 Å². The molecule has 1 aliphatic rings. The first kappa shape index (κ1) is 11.0. The van der Waals surface area contributed by atoms with Crippen LogP contribution in [0.3, 0.4) is 0 Å². The van der Waals surface area contributed by atoms with E-state index in [0.717, 1.165) is 31.0 Å². The number of hydrogen-bond acceptors (Lipinski definition) is 2. The maximum Gasteiger partial charge on any atom is 0.123 e. The van der Waals surface area contributed by atoms with Gasteiger partial charge in [0.05, 0.1) is 14.2 Å². The molecule has 0 saturated carbocycles. The highest BCUT2D eigenvalue weighted by Gasteiger charge is 2.09. The molecule has 0 N–H and O–H groups in total. The lowest BCUT2D eigenvalue weighted by Crippen LogP contribution is -2.12. The molecule has 0 spiro atoms. The second-order valence-electron chi connectivity index (χ2n) is 3.71. The van der Waals surface area contributed by atoms with Crippen LogP contribution in [0.1, 0.15) is 12.0 Å². The van der Waals surface area contributed by atoms with E-state index in [1.165, 1.54) is 11.1 Å². The maximum absolute atomic E-state index is 5.26. The fraction of sp³-hybridized carbons (Fsp3) is 0.385. The van der Waals surface area contributed by atoms with Crippen molar-refractivity contribution in [1.29, 1.82) is 0 Å². The Morgan fingerprint density at radius 2 is 1.75 bits per heavy atom. The van der Waals surface area contributed by atoms with Gasteiger partial charge in [-0.15, -0.1) is 0 Å². The van der Waals surface area contributed by atoms with Gasteiger partial charge in [-0.1, -0.05) is 6.08 Å². The number of ether oxygens (including phenoxy) is 2. The van der Waals surface area contributed by atoms with Crippen molar-refractivity contribution < 1.29 is 9.47 Å². The lowest BCUT2D eigenvalue weighted by Gasteiger charge is -2.15. The molecular weight excluding hydrogens is 202 g/mol. The summed E-state index contributed by atoms with van der Waals surface area (Å²) in [5, 5.41) is 4.30. The van der Waals surface area contributed by atoms with Gasteiger partial charge in [0.1, 0.15) is 11.5 Å². The van der Waals surface area contributed by atoms with E-state index < -0.39 is 0 Å². The summed E-state index contributed by atoms with van der Waals surface area (Å²) in [7, 11) is 3.34. The quantitative estimate of drug-likeness (QED) is 0.778. The van der Waals surface area contributed by atoms with Crippen LogP contribution in [0, 0.1) is 0 Å². The fourth-order valence-electron chi connectivity index (χ4n) is 1.82. The van der Waals surface area contributed by atoms with Gasteiger partial charge in [-0.3, -0.25) is 0 Å². The summed E-state index contributed by atoms with van der Waals surface area (Å²) in [5.74, 6) is 1.66. The molecule has 0 atom stereocenters. The average molecular weight is 218 g/mol. The van der Waals surface area contributed by atoms with Crippen molar-refractivity contribution in [3.05, 3.63) is 29.8 Å². The highest BCUT2D eigenvalue weighted by atomic mass is 16.5. The largest absolute Gasteiger partial charge is 0.497 e. The van der Waals surface area contributed by atoms with E-state index in [-0.39, 0.29) is 0 Å². The Labute approximate surface area is 96.1 Å². The first-order valence-corrected chi connectivity index (χ1v) is 5.39. The summed E-state index contributed by atoms with van der Waals surface area (Å²) in [6, 6.07) is 5.97. The molecule has 0 aromatic heterocycles. The van der Waals surface area contributed by atoms with Gasteiger partial charge in [-0.05, 0) is 29.7 Å². The van der Waals surface area contributed by atoms with Crippen molar-refractivity contribution in [1.82, 2.24) is 5.32 Å². The van der Waals surface area contributed by atoms with Crippen molar-refractivity contribution in [2.45, 2.75) is 6.42 Å². The van der Waals surface area contributed by atoms with Crippen LogP contribution in [0.4, 0.5) is 0 Å². The Morgan fingerprint density at radius 3 is 2.25 bits per heavy atom. The molecule has 2 rings (SSSR count). The molecule has 1 aromatic rings. The Morgan fingerprint density at radius 1 is 1.06 bits per heavy atom. The monoisotopic (exact) mass is 218 g/mol. The van der Waals surface area contributed by atoms with Gasteiger partial charge in [0.2, 0.25) is 0 Å². The zero-order valence-electron chi connectivity index (χ0n) is 9.69. The zero-order valence-corrected chi connectivity index (χ0v) is 9.69. The zero-order chi connectivity index (χ0) is 11.4. The fourth-order valence-corrected chi connectivity index (χ4v) is 1.82. The molecule has 0 unspecified atom stereocenters. The van der Waals surface area contributed by atoms with Crippen LogP contribution < -0.4 is 14.8 Å². The number of hydrogen-bond donors (Lipinski definition) is 0. The first-order valence-electron chi connectivity index (χ1n) is 5.39. The smallest absolute Gasteiger partial charge is 0.123 e. The van der Waals surface area contributed by atoms with Crippen molar-refractivity contribution in [2.24, 2.45) is 0 Å². The maximum atomic E-state index is 5.26. The van der Waals surface area contributed by atoms with Crippen LogP contribution in [0.15, 0.2) is 24.3 Å². The highest BCUT2D eigenvalue weighted by molar-refractivity contribution is 5.69. The van der Waals surface area contributed by atoms with Gasteiger partial charge in [-0.25, -0.2) is 5.32 Å². The Kier molecular flexibility index (Phi) is 3.47. The van der Waals surface area contributed by atoms with Crippen LogP contribution in [-0.2, 0) is 0 Å². The molecule has 0 fully saturated rings. The standard InChI is InChI=1S/C13H16NO2/c1-15-12-7-11(8-13(9-12)16-2)10-3-5-14-6-4-10/h3,7-9H,4-6H2,1-2H3. The minimum atomic E-state index is 0.814. The van der Waals surface area contributed by atoms with Crippen molar-refractivity contribution in [3.63, 3.8) is 0 Å². The summed E-state index contributed by atoms with van der Waals surface area (Å²) >= 11 is 0. The SMILES string of the molecule is COc1cc(OC)cc(C2=CC[N]CC2)c1. The molecule has 0 saturated heterocycles. The van der Waals surface area contributed by atoms with Crippen LogP contribution in [0.5, 0.6) is 11.5 Å². The Hall–Kier alpha value is -1.48. The summed E-state index contributed by atoms with van der Waals surface area (Å²) in [5.41, 5.74) is 2.50. The predicted octanol–water partition coefficient (Wildman–Crippen LogP) is 2.10. The molecule has 3 nitrogen and oxygen atoms in total. The van der Waals surface area contributed by atoms with Crippen LogP contribution in [0.2, 0.25) is 0 Å². The lowest BCUT2D eigenvalue weighted by atomic mass is 10.00. The minimum absolute atomic E-state index is 0.814. The Bertz CT molecular complexity index is 377. The van der Waals surface area contributed by atoms with Crippen molar-refractivity contribution >= 4 is 5.57 Å². The van der Waals surface area contributed by atoms with Gasteiger partial charge < -0.3 is 9.47 Å². The van der Waals surface area contributed by atoms with Crippen LogP contribution in [-0.4, -0.2) is 27.3 Å². The third-order valence-electron chi connectivity index (χ3n) is 2.73. The predicted molar refractivity (Wildman–Crippen MR) is 64.0 cm³/mol. The average Bonchev–Trinajstić information content (AvgIpc) is 2.39. The van der Waals surface area contributed by atoms with Crippen molar-refractivity contribution in [2.75, 3.05) is 27.3 Å². The van der Waals surface area contributed by atoms with E-state index in [0.29, 0.717) is 0 Å². The van der Waals surface area contributed by atoms with Gasteiger partial charge in [0.25, 0.3) is 0 Å². The van der Waals surface area contributed by atoms with Crippen molar-refractivity contribution in [3.8, 4) is 11.5 Å². The van der Waals surface area contributed by atoms with Gasteiger partial charge in [-0.2, -0.15) is 0 Å². The number of methoxy groups -OCH3 is 2. The van der Waals surface area contributed by atoms with Gasteiger partial charge in [0.15, 0.2) is 0 Å². The number of nitrogens with zero attached hydrogens (tertiary/aromatic N) is 1. The van der Waals surface area contributed by atoms with E-state index >= 15 is 0 Å². The topological polar surface area (TPSA) is 32.6 Å². The molecule has 1 aliphatic heterocycles. The van der Waals surface area contributed by atoms with E-state index in [1.807, 2.05) is 18.2 Å². The summed E-state index contributed by atoms with van der Waals surface area (Å²) in [6.07, 6.45) is 3.16. The van der Waals surface area contributed by atoms with E-state index in [2.05, 4.69) is 11.4 Å². The molecule has 0 amide bonds. The molecule has 1 radical (unpaired) electrons. The normalized spacial score (nSPS) is 15.5. The second-order valence-corrected chi connectivity index (χ2v) is 3.71. The summed E-state index contributed by atoms with van der Waals surface area (Å²) in [4.78, 5) is 0. The molecule has 1 aromatic carbocycles. The third-order valence-corrected chi connectivity index (χ3v) is 2.73. The van der Waals surface area contributed by atoms with E-state index in [9.17, 15) is 0 Å². The molecule has 0 bridgehead atoms. The molecule has 85 valence electrons. The summed E-state index contributed by atoms with van der Waals surface area (Å²) in [6.45, 7) is 1.72. The van der Waals surface area contributed by atoms with E-state index in [1.54, 1.807) is 14.2 Å².